The Bertz CT molecular complexity index is 487. The Labute approximate surface area is 112 Å². The zero-order chi connectivity index (χ0) is 14.0. The van der Waals surface area contributed by atoms with Crippen molar-refractivity contribution >= 4 is 17.7 Å². The minimum atomic E-state index is -0.806. The van der Waals surface area contributed by atoms with Gasteiger partial charge in [0.25, 0.3) is 0 Å². The highest BCUT2D eigenvalue weighted by atomic mass is 16.4. The number of carbonyl (C=O) groups excluding carboxylic acids is 1. The summed E-state index contributed by atoms with van der Waals surface area (Å²) < 4.78 is 0. The minimum Gasteiger partial charge on any atom is -0.481 e. The second-order valence-corrected chi connectivity index (χ2v) is 5.07. The van der Waals surface area contributed by atoms with Crippen molar-refractivity contribution < 1.29 is 14.7 Å². The van der Waals surface area contributed by atoms with Crippen LogP contribution < -0.4 is 5.32 Å². The molecule has 102 valence electrons. The quantitative estimate of drug-likeness (QED) is 0.877. The molecule has 0 bridgehead atoms. The molecule has 1 aromatic rings. The van der Waals surface area contributed by atoms with Crippen molar-refractivity contribution in [3.8, 4) is 0 Å². The van der Waals surface area contributed by atoms with Gasteiger partial charge in [0, 0.05) is 24.7 Å². The highest BCUT2D eigenvalue weighted by Gasteiger charge is 2.32. The molecule has 0 aliphatic carbocycles. The van der Waals surface area contributed by atoms with Gasteiger partial charge in [0.1, 0.15) is 0 Å². The molecule has 5 heteroatoms. The number of hydrogen-bond acceptors (Lipinski definition) is 2. The molecule has 0 unspecified atom stereocenters. The van der Waals surface area contributed by atoms with E-state index in [4.69, 9.17) is 5.11 Å². The number of carbonyl (C=O) groups is 2. The second kappa shape index (κ2) is 5.30. The predicted octanol–water partition coefficient (Wildman–Crippen LogP) is 2.24. The fourth-order valence-electron chi connectivity index (χ4n) is 2.31. The molecule has 0 saturated carbocycles. The van der Waals surface area contributed by atoms with E-state index >= 15 is 0 Å². The van der Waals surface area contributed by atoms with Gasteiger partial charge in [0.15, 0.2) is 0 Å². The zero-order valence-electron chi connectivity index (χ0n) is 11.1. The van der Waals surface area contributed by atoms with Gasteiger partial charge in [0.05, 0.1) is 6.42 Å². The minimum absolute atomic E-state index is 0.0845. The summed E-state index contributed by atoms with van der Waals surface area (Å²) in [5.74, 6) is -0.721. The van der Waals surface area contributed by atoms with E-state index in [9.17, 15) is 9.59 Å². The first kappa shape index (κ1) is 13.4. The zero-order valence-corrected chi connectivity index (χ0v) is 11.1. The lowest BCUT2D eigenvalue weighted by atomic mass is 9.97. The van der Waals surface area contributed by atoms with Crippen molar-refractivity contribution in [3.05, 3.63) is 29.3 Å². The molecular weight excluding hydrogens is 244 g/mol. The van der Waals surface area contributed by atoms with E-state index in [2.05, 4.69) is 5.32 Å². The predicted molar refractivity (Wildman–Crippen MR) is 72.3 cm³/mol. The lowest BCUT2D eigenvalue weighted by Gasteiger charge is -2.38. The summed E-state index contributed by atoms with van der Waals surface area (Å²) in [4.78, 5) is 24.2. The number of amides is 2. The molecule has 0 aromatic heterocycles. The van der Waals surface area contributed by atoms with Crippen LogP contribution in [-0.2, 0) is 4.79 Å². The van der Waals surface area contributed by atoms with E-state index in [0.717, 1.165) is 16.8 Å². The third-order valence-corrected chi connectivity index (χ3v) is 3.42. The van der Waals surface area contributed by atoms with Gasteiger partial charge in [-0.15, -0.1) is 0 Å². The number of carboxylic acids is 1. The highest BCUT2D eigenvalue weighted by molar-refractivity contribution is 5.91. The number of benzene rings is 1. The monoisotopic (exact) mass is 262 g/mol. The lowest BCUT2D eigenvalue weighted by Crippen LogP contribution is -2.52. The molecule has 0 spiro atoms. The topological polar surface area (TPSA) is 69.6 Å². The fourth-order valence-corrected chi connectivity index (χ4v) is 2.31. The number of hydrogen-bond donors (Lipinski definition) is 2. The van der Waals surface area contributed by atoms with Gasteiger partial charge in [0.2, 0.25) is 0 Å². The average Bonchev–Trinajstić information content (AvgIpc) is 2.27. The van der Waals surface area contributed by atoms with Crippen LogP contribution in [0.25, 0.3) is 0 Å². The number of carboxylic acid groups (broad SMARTS) is 1. The molecular formula is C14H18N2O3. The van der Waals surface area contributed by atoms with Crippen LogP contribution in [0.4, 0.5) is 10.5 Å². The van der Waals surface area contributed by atoms with Crippen LogP contribution in [0.1, 0.15) is 17.5 Å². The molecule has 2 amide bonds. The number of rotatable bonds is 3. The normalized spacial score (nSPS) is 14.9. The Morgan fingerprint density at radius 1 is 1.32 bits per heavy atom. The van der Waals surface area contributed by atoms with Crippen molar-refractivity contribution in [2.24, 2.45) is 5.92 Å². The van der Waals surface area contributed by atoms with Crippen LogP contribution in [-0.4, -0.2) is 35.1 Å². The number of nitrogens with zero attached hydrogens (tertiary/aromatic N) is 1. The van der Waals surface area contributed by atoms with E-state index in [1.54, 1.807) is 4.90 Å². The van der Waals surface area contributed by atoms with E-state index < -0.39 is 5.97 Å². The number of nitrogens with one attached hydrogen (secondary N) is 1. The molecule has 1 fully saturated rings. The third kappa shape index (κ3) is 3.05. The van der Waals surface area contributed by atoms with Gasteiger partial charge in [-0.2, -0.15) is 0 Å². The van der Waals surface area contributed by atoms with Crippen LogP contribution in [0.5, 0.6) is 0 Å². The first-order valence-electron chi connectivity index (χ1n) is 6.31. The number of urea groups is 1. The molecule has 1 aliphatic heterocycles. The maximum absolute atomic E-state index is 12.0. The fraction of sp³-hybridized carbons (Fsp3) is 0.429. The molecule has 0 atom stereocenters. The maximum Gasteiger partial charge on any atom is 0.321 e. The first-order valence-corrected chi connectivity index (χ1v) is 6.31. The molecule has 1 heterocycles. The largest absolute Gasteiger partial charge is 0.481 e. The highest BCUT2D eigenvalue weighted by Crippen LogP contribution is 2.23. The summed E-state index contributed by atoms with van der Waals surface area (Å²) in [5.41, 5.74) is 2.89. The van der Waals surface area contributed by atoms with Crippen molar-refractivity contribution in [2.45, 2.75) is 20.3 Å². The SMILES string of the molecule is Cc1cccc(C)c1NC(=O)N1CC(CC(=O)O)C1. The van der Waals surface area contributed by atoms with E-state index in [-0.39, 0.29) is 18.4 Å². The van der Waals surface area contributed by atoms with E-state index in [1.807, 2.05) is 32.0 Å². The molecule has 2 rings (SSSR count). The average molecular weight is 262 g/mol. The number of para-hydroxylation sites is 1. The molecule has 2 N–H and O–H groups in total. The standard InChI is InChI=1S/C14H18N2O3/c1-9-4-3-5-10(2)13(9)15-14(19)16-7-11(8-16)6-12(17)18/h3-5,11H,6-8H2,1-2H3,(H,15,19)(H,17,18). The Kier molecular flexibility index (Phi) is 3.74. The lowest BCUT2D eigenvalue weighted by molar-refractivity contribution is -0.139. The summed E-state index contributed by atoms with van der Waals surface area (Å²) in [7, 11) is 0. The molecule has 1 aliphatic rings. The Morgan fingerprint density at radius 3 is 2.42 bits per heavy atom. The van der Waals surface area contributed by atoms with Crippen LogP contribution in [0.15, 0.2) is 18.2 Å². The Balaban J connectivity index is 1.91. The summed E-state index contributed by atoms with van der Waals surface area (Å²) in [6.07, 6.45) is 0.132. The number of anilines is 1. The van der Waals surface area contributed by atoms with Gasteiger partial charge < -0.3 is 15.3 Å². The smallest absolute Gasteiger partial charge is 0.321 e. The summed E-state index contributed by atoms with van der Waals surface area (Å²) in [6.45, 7) is 4.93. The van der Waals surface area contributed by atoms with Gasteiger partial charge in [-0.3, -0.25) is 4.79 Å². The summed E-state index contributed by atoms with van der Waals surface area (Å²) >= 11 is 0. The third-order valence-electron chi connectivity index (χ3n) is 3.42. The number of likely N-dealkylation sites (tertiary alicyclic amines) is 1. The molecule has 0 radical (unpaired) electrons. The van der Waals surface area contributed by atoms with Gasteiger partial charge in [-0.1, -0.05) is 18.2 Å². The maximum atomic E-state index is 12.0. The summed E-state index contributed by atoms with van der Waals surface area (Å²) in [5, 5.41) is 11.6. The molecule has 1 aromatic carbocycles. The van der Waals surface area contributed by atoms with Gasteiger partial charge in [-0.05, 0) is 25.0 Å². The van der Waals surface area contributed by atoms with Crippen molar-refractivity contribution in [1.82, 2.24) is 4.90 Å². The van der Waals surface area contributed by atoms with Crippen LogP contribution in [0, 0.1) is 19.8 Å². The van der Waals surface area contributed by atoms with E-state index in [1.165, 1.54) is 0 Å². The van der Waals surface area contributed by atoms with Gasteiger partial charge in [-0.25, -0.2) is 4.79 Å². The summed E-state index contributed by atoms with van der Waals surface area (Å²) in [6, 6.07) is 5.70. The second-order valence-electron chi connectivity index (χ2n) is 5.07. The van der Waals surface area contributed by atoms with E-state index in [0.29, 0.717) is 13.1 Å². The van der Waals surface area contributed by atoms with Crippen molar-refractivity contribution in [3.63, 3.8) is 0 Å². The Morgan fingerprint density at radius 2 is 1.89 bits per heavy atom. The van der Waals surface area contributed by atoms with Crippen LogP contribution in [0.3, 0.4) is 0 Å². The Hall–Kier alpha value is -2.04. The molecule has 1 saturated heterocycles. The van der Waals surface area contributed by atoms with Crippen LogP contribution >= 0.6 is 0 Å². The number of aliphatic carboxylic acids is 1. The van der Waals surface area contributed by atoms with Gasteiger partial charge >= 0.3 is 12.0 Å². The van der Waals surface area contributed by atoms with Crippen LogP contribution in [0.2, 0.25) is 0 Å². The molecule has 19 heavy (non-hydrogen) atoms. The van der Waals surface area contributed by atoms with Crippen molar-refractivity contribution in [2.75, 3.05) is 18.4 Å². The van der Waals surface area contributed by atoms with Crippen molar-refractivity contribution in [1.29, 1.82) is 0 Å². The first-order chi connectivity index (χ1) is 8.97. The molecule has 5 nitrogen and oxygen atoms in total. The number of aryl methyl sites for hydroxylation is 2.